The molecule has 0 fully saturated rings. The third-order valence-corrected chi connectivity index (χ3v) is 5.94. The molecular formula is C23H19Cl2N3O2. The largest absolute Gasteiger partial charge is 0.368 e. The van der Waals surface area contributed by atoms with Crippen molar-refractivity contribution in [3.8, 4) is 0 Å². The van der Waals surface area contributed by atoms with Crippen molar-refractivity contribution in [1.29, 1.82) is 0 Å². The molecule has 2 amide bonds. The van der Waals surface area contributed by atoms with Crippen molar-refractivity contribution in [2.75, 3.05) is 0 Å². The van der Waals surface area contributed by atoms with Gasteiger partial charge in [0, 0.05) is 23.0 Å². The van der Waals surface area contributed by atoms with Crippen molar-refractivity contribution in [3.63, 3.8) is 0 Å². The lowest BCUT2D eigenvalue weighted by Crippen LogP contribution is -2.43. The summed E-state index contributed by atoms with van der Waals surface area (Å²) in [5, 5.41) is 0.883. The first-order chi connectivity index (χ1) is 14.5. The molecule has 4 rings (SSSR count). The van der Waals surface area contributed by atoms with Crippen molar-refractivity contribution in [1.82, 2.24) is 9.88 Å². The zero-order valence-electron chi connectivity index (χ0n) is 16.0. The van der Waals surface area contributed by atoms with Gasteiger partial charge < -0.3 is 10.6 Å². The van der Waals surface area contributed by atoms with Gasteiger partial charge in [0.05, 0.1) is 16.6 Å². The van der Waals surface area contributed by atoms with Gasteiger partial charge in [-0.15, -0.1) is 0 Å². The zero-order valence-corrected chi connectivity index (χ0v) is 17.5. The molecular weight excluding hydrogens is 421 g/mol. The number of carbonyl (C=O) groups excluding carboxylic acids is 2. The maximum Gasteiger partial charge on any atom is 0.256 e. The van der Waals surface area contributed by atoms with E-state index in [1.54, 1.807) is 48.8 Å². The maximum absolute atomic E-state index is 13.7. The van der Waals surface area contributed by atoms with Gasteiger partial charge in [-0.05, 0) is 54.3 Å². The Labute approximate surface area is 184 Å². The molecule has 7 heteroatoms. The Bertz CT molecular complexity index is 1100. The lowest BCUT2D eigenvalue weighted by Gasteiger charge is -2.36. The molecule has 0 saturated carbocycles. The van der Waals surface area contributed by atoms with Gasteiger partial charge in [-0.25, -0.2) is 0 Å². The lowest BCUT2D eigenvalue weighted by molar-refractivity contribution is -0.123. The molecule has 0 spiro atoms. The van der Waals surface area contributed by atoms with E-state index in [1.165, 1.54) is 4.90 Å². The Morgan fingerprint density at radius 3 is 2.60 bits per heavy atom. The first-order valence-electron chi connectivity index (χ1n) is 9.52. The molecule has 2 aromatic carbocycles. The summed E-state index contributed by atoms with van der Waals surface area (Å²) in [6, 6.07) is 14.5. The summed E-state index contributed by atoms with van der Waals surface area (Å²) in [6.07, 6.45) is 4.57. The standard InChI is InChI=1S/C23H19Cl2N3O2/c24-16-9-7-14-8-10-20(18(14)12-16)28(23(30)17-5-1-2-6-19(17)25)21(22(26)29)15-4-3-11-27-13-15/h1-7,9,11-13,20-21H,8,10H2,(H2,26,29)/t20-,21?/m1/s1. The van der Waals surface area contributed by atoms with Crippen LogP contribution in [0.3, 0.4) is 0 Å². The predicted molar refractivity (Wildman–Crippen MR) is 116 cm³/mol. The normalized spacial score (nSPS) is 16.0. The number of carbonyl (C=O) groups is 2. The van der Waals surface area contributed by atoms with Gasteiger partial charge in [-0.2, -0.15) is 0 Å². The van der Waals surface area contributed by atoms with Gasteiger partial charge in [-0.3, -0.25) is 14.6 Å². The van der Waals surface area contributed by atoms with Gasteiger partial charge in [-0.1, -0.05) is 47.5 Å². The molecule has 2 atom stereocenters. The van der Waals surface area contributed by atoms with E-state index in [4.69, 9.17) is 28.9 Å². The van der Waals surface area contributed by atoms with Gasteiger partial charge in [0.2, 0.25) is 5.91 Å². The highest BCUT2D eigenvalue weighted by Gasteiger charge is 2.40. The second kappa shape index (κ2) is 8.46. The number of fused-ring (bicyclic) bond motifs is 1. The Morgan fingerprint density at radius 1 is 1.10 bits per heavy atom. The third-order valence-electron chi connectivity index (χ3n) is 5.38. The van der Waals surface area contributed by atoms with Crippen molar-refractivity contribution in [2.45, 2.75) is 24.9 Å². The Morgan fingerprint density at radius 2 is 1.90 bits per heavy atom. The van der Waals surface area contributed by atoms with Crippen molar-refractivity contribution >= 4 is 35.0 Å². The molecule has 0 aliphatic heterocycles. The maximum atomic E-state index is 13.7. The topological polar surface area (TPSA) is 76.3 Å². The molecule has 1 aliphatic rings. The number of primary amides is 1. The number of halogens is 2. The van der Waals surface area contributed by atoms with E-state index >= 15 is 0 Å². The number of amides is 2. The smallest absolute Gasteiger partial charge is 0.256 e. The monoisotopic (exact) mass is 439 g/mol. The van der Waals surface area contributed by atoms with E-state index in [0.29, 0.717) is 27.6 Å². The van der Waals surface area contributed by atoms with Crippen LogP contribution in [0.5, 0.6) is 0 Å². The van der Waals surface area contributed by atoms with Crippen LogP contribution in [0.4, 0.5) is 0 Å². The molecule has 1 aromatic heterocycles. The van der Waals surface area contributed by atoms with Gasteiger partial charge in [0.25, 0.3) is 5.91 Å². The van der Waals surface area contributed by atoms with Crippen molar-refractivity contribution < 1.29 is 9.59 Å². The fraction of sp³-hybridized carbons (Fsp3) is 0.174. The van der Waals surface area contributed by atoms with E-state index in [-0.39, 0.29) is 11.9 Å². The quantitative estimate of drug-likeness (QED) is 0.623. The van der Waals surface area contributed by atoms with Gasteiger partial charge >= 0.3 is 0 Å². The Balaban J connectivity index is 1.88. The summed E-state index contributed by atoms with van der Waals surface area (Å²) in [5.74, 6) is -1.01. The first kappa shape index (κ1) is 20.4. The number of nitrogens with zero attached hydrogens (tertiary/aromatic N) is 2. The number of nitrogens with two attached hydrogens (primary N) is 1. The van der Waals surface area contributed by atoms with Crippen LogP contribution >= 0.6 is 23.2 Å². The number of hydrogen-bond acceptors (Lipinski definition) is 3. The summed E-state index contributed by atoms with van der Waals surface area (Å²) in [7, 11) is 0. The zero-order chi connectivity index (χ0) is 21.3. The summed E-state index contributed by atoms with van der Waals surface area (Å²) >= 11 is 12.6. The molecule has 5 nitrogen and oxygen atoms in total. The minimum absolute atomic E-state index is 0.310. The van der Waals surface area contributed by atoms with Crippen LogP contribution in [0.1, 0.15) is 45.6 Å². The van der Waals surface area contributed by atoms with Crippen LogP contribution in [-0.2, 0) is 11.2 Å². The second-order valence-corrected chi connectivity index (χ2v) is 8.02. The molecule has 152 valence electrons. The van der Waals surface area contributed by atoms with Crippen LogP contribution < -0.4 is 5.73 Å². The predicted octanol–water partition coefficient (Wildman–Crippen LogP) is 4.74. The van der Waals surface area contributed by atoms with E-state index < -0.39 is 11.9 Å². The highest BCUT2D eigenvalue weighted by molar-refractivity contribution is 6.33. The van der Waals surface area contributed by atoms with Crippen LogP contribution in [0.25, 0.3) is 0 Å². The molecule has 0 saturated heterocycles. The molecule has 30 heavy (non-hydrogen) atoms. The summed E-state index contributed by atoms with van der Waals surface area (Å²) in [6.45, 7) is 0. The molecule has 2 N–H and O–H groups in total. The molecule has 1 unspecified atom stereocenters. The van der Waals surface area contributed by atoms with Gasteiger partial charge in [0.15, 0.2) is 0 Å². The Hall–Kier alpha value is -2.89. The van der Waals surface area contributed by atoms with Crippen LogP contribution in [0.15, 0.2) is 67.0 Å². The van der Waals surface area contributed by atoms with E-state index in [0.717, 1.165) is 17.5 Å². The molecule has 1 aliphatic carbocycles. The van der Waals surface area contributed by atoms with Crippen LogP contribution in [0.2, 0.25) is 10.0 Å². The molecule has 1 heterocycles. The summed E-state index contributed by atoms with van der Waals surface area (Å²) in [4.78, 5) is 32.0. The number of pyridine rings is 1. The van der Waals surface area contributed by atoms with Crippen molar-refractivity contribution in [2.24, 2.45) is 5.73 Å². The Kier molecular flexibility index (Phi) is 5.75. The first-order valence-corrected chi connectivity index (χ1v) is 10.3. The minimum Gasteiger partial charge on any atom is -0.368 e. The number of aromatic nitrogens is 1. The average Bonchev–Trinajstić information content (AvgIpc) is 3.14. The fourth-order valence-corrected chi connectivity index (χ4v) is 4.45. The number of hydrogen-bond donors (Lipinski definition) is 1. The van der Waals surface area contributed by atoms with E-state index in [9.17, 15) is 9.59 Å². The molecule has 0 radical (unpaired) electrons. The van der Waals surface area contributed by atoms with Crippen molar-refractivity contribution in [3.05, 3.63) is 99.3 Å². The molecule has 3 aromatic rings. The highest BCUT2D eigenvalue weighted by Crippen LogP contribution is 2.42. The minimum atomic E-state index is -1.00. The van der Waals surface area contributed by atoms with Crippen LogP contribution in [0, 0.1) is 0 Å². The number of aryl methyl sites for hydroxylation is 1. The average molecular weight is 440 g/mol. The molecule has 0 bridgehead atoms. The van der Waals surface area contributed by atoms with Gasteiger partial charge in [0.1, 0.15) is 6.04 Å². The summed E-state index contributed by atoms with van der Waals surface area (Å²) in [5.41, 5.74) is 8.68. The lowest BCUT2D eigenvalue weighted by atomic mass is 9.99. The third kappa shape index (κ3) is 3.78. The number of rotatable bonds is 5. The SMILES string of the molecule is NC(=O)C(c1cccnc1)N(C(=O)c1ccccc1Cl)[C@@H]1CCc2ccc(Cl)cc21. The van der Waals surface area contributed by atoms with E-state index in [1.807, 2.05) is 18.2 Å². The fourth-order valence-electron chi connectivity index (χ4n) is 4.05. The van der Waals surface area contributed by atoms with Crippen LogP contribution in [-0.4, -0.2) is 21.7 Å². The highest BCUT2D eigenvalue weighted by atomic mass is 35.5. The second-order valence-electron chi connectivity index (χ2n) is 7.18. The van der Waals surface area contributed by atoms with E-state index in [2.05, 4.69) is 4.98 Å². The number of benzene rings is 2. The summed E-state index contributed by atoms with van der Waals surface area (Å²) < 4.78 is 0.